The van der Waals surface area contributed by atoms with Crippen molar-refractivity contribution in [1.82, 2.24) is 5.32 Å². The van der Waals surface area contributed by atoms with Crippen LogP contribution in [0.15, 0.2) is 65.7 Å². The van der Waals surface area contributed by atoms with Gasteiger partial charge in [-0.25, -0.2) is 0 Å². The van der Waals surface area contributed by atoms with Crippen LogP contribution in [-0.2, 0) is 4.74 Å². The molecule has 1 amide bonds. The Labute approximate surface area is 124 Å². The lowest BCUT2D eigenvalue weighted by molar-refractivity contribution is 0.0965. The van der Waals surface area contributed by atoms with E-state index in [1.807, 2.05) is 55.5 Å². The van der Waals surface area contributed by atoms with Crippen molar-refractivity contribution in [3.05, 3.63) is 66.2 Å². The van der Waals surface area contributed by atoms with E-state index in [0.717, 1.165) is 12.1 Å². The largest absolute Gasteiger partial charge is 0.465 e. The Morgan fingerprint density at radius 1 is 1.05 bits per heavy atom. The van der Waals surface area contributed by atoms with Gasteiger partial charge < -0.3 is 4.74 Å². The number of para-hydroxylation sites is 1. The zero-order valence-electron chi connectivity index (χ0n) is 12.0. The molecular weight excluding hydrogens is 264 g/mol. The molecule has 0 heterocycles. The molecule has 0 spiro atoms. The summed E-state index contributed by atoms with van der Waals surface area (Å²) >= 11 is 0. The van der Waals surface area contributed by atoms with Crippen LogP contribution in [0.5, 0.6) is 0 Å². The number of hydrogen-bond acceptors (Lipinski definition) is 3. The first-order chi connectivity index (χ1) is 10.3. The fourth-order valence-corrected chi connectivity index (χ4v) is 1.67. The first-order valence-electron chi connectivity index (χ1n) is 6.92. The number of carbonyl (C=O) groups is 1. The summed E-state index contributed by atoms with van der Waals surface area (Å²) < 4.78 is 5.51. The number of carbonyl (C=O) groups excluding carboxylic acids is 1. The molecule has 0 fully saturated rings. The molecule has 0 aliphatic heterocycles. The highest BCUT2D eigenvalue weighted by atomic mass is 16.5. The van der Waals surface area contributed by atoms with E-state index in [-0.39, 0.29) is 11.9 Å². The van der Waals surface area contributed by atoms with E-state index >= 15 is 0 Å². The molecule has 0 aliphatic carbocycles. The summed E-state index contributed by atoms with van der Waals surface area (Å²) in [5.74, 6) is -0.235. The lowest BCUT2D eigenvalue weighted by Crippen LogP contribution is -2.32. The monoisotopic (exact) mass is 282 g/mol. The molecule has 0 bridgehead atoms. The van der Waals surface area contributed by atoms with Crippen molar-refractivity contribution in [2.24, 2.45) is 4.99 Å². The zero-order valence-corrected chi connectivity index (χ0v) is 12.0. The molecule has 4 nitrogen and oxygen atoms in total. The van der Waals surface area contributed by atoms with Crippen molar-refractivity contribution >= 4 is 17.6 Å². The highest BCUT2D eigenvalue weighted by Gasteiger charge is 2.09. The van der Waals surface area contributed by atoms with Gasteiger partial charge in [-0.3, -0.25) is 10.1 Å². The van der Waals surface area contributed by atoms with Crippen molar-refractivity contribution in [3.63, 3.8) is 0 Å². The summed E-state index contributed by atoms with van der Waals surface area (Å²) in [5, 5.41) is 2.71. The number of ether oxygens (including phenoxy) is 1. The molecule has 0 aromatic heterocycles. The minimum Gasteiger partial charge on any atom is -0.465 e. The molecule has 4 heteroatoms. The van der Waals surface area contributed by atoms with E-state index in [1.165, 1.54) is 0 Å². The molecule has 108 valence electrons. The fraction of sp³-hybridized carbons (Fsp3) is 0.176. The van der Waals surface area contributed by atoms with Gasteiger partial charge in [0.05, 0.1) is 12.3 Å². The SMILES string of the molecule is CCCOC(=Nc1ccccc1)NC(=O)c1ccccc1. The van der Waals surface area contributed by atoms with Crippen LogP contribution in [0.4, 0.5) is 5.69 Å². The Morgan fingerprint density at radius 2 is 1.67 bits per heavy atom. The number of amides is 1. The van der Waals surface area contributed by atoms with Crippen molar-refractivity contribution in [1.29, 1.82) is 0 Å². The first kappa shape index (κ1) is 14.8. The first-order valence-corrected chi connectivity index (χ1v) is 6.92. The number of amidine groups is 1. The van der Waals surface area contributed by atoms with Crippen LogP contribution < -0.4 is 5.32 Å². The number of hydrogen-bond donors (Lipinski definition) is 1. The van der Waals surface area contributed by atoms with Crippen LogP contribution in [0.1, 0.15) is 23.7 Å². The summed E-state index contributed by atoms with van der Waals surface area (Å²) in [7, 11) is 0. The molecule has 2 aromatic rings. The van der Waals surface area contributed by atoms with E-state index in [9.17, 15) is 4.79 Å². The summed E-state index contributed by atoms with van der Waals surface area (Å²) in [6.07, 6.45) is 0.842. The number of nitrogens with zero attached hydrogens (tertiary/aromatic N) is 1. The van der Waals surface area contributed by atoms with E-state index < -0.39 is 0 Å². The minimum atomic E-state index is -0.235. The molecule has 0 aliphatic rings. The molecule has 1 N–H and O–H groups in total. The Hall–Kier alpha value is -2.62. The Bertz CT molecular complexity index is 595. The fourth-order valence-electron chi connectivity index (χ4n) is 1.67. The topological polar surface area (TPSA) is 50.7 Å². The third-order valence-electron chi connectivity index (χ3n) is 2.69. The standard InChI is InChI=1S/C17H18N2O2/c1-2-13-21-17(18-15-11-7-4-8-12-15)19-16(20)14-9-5-3-6-10-14/h3-12H,2,13H2,1H3,(H,18,19,20). The summed E-state index contributed by atoms with van der Waals surface area (Å²) in [4.78, 5) is 16.5. The minimum absolute atomic E-state index is 0.219. The molecule has 0 radical (unpaired) electrons. The summed E-state index contributed by atoms with van der Waals surface area (Å²) in [6.45, 7) is 2.50. The van der Waals surface area contributed by atoms with Gasteiger partial charge in [-0.2, -0.15) is 4.99 Å². The molecule has 2 rings (SSSR count). The average molecular weight is 282 g/mol. The molecule has 0 atom stereocenters. The lowest BCUT2D eigenvalue weighted by atomic mass is 10.2. The van der Waals surface area contributed by atoms with Gasteiger partial charge in [0.15, 0.2) is 0 Å². The maximum atomic E-state index is 12.1. The van der Waals surface area contributed by atoms with Crippen LogP contribution in [0, 0.1) is 0 Å². The Morgan fingerprint density at radius 3 is 2.29 bits per heavy atom. The van der Waals surface area contributed by atoms with Crippen LogP contribution in [-0.4, -0.2) is 18.5 Å². The number of rotatable bonds is 4. The molecular formula is C17H18N2O2. The van der Waals surface area contributed by atoms with Crippen LogP contribution in [0.3, 0.4) is 0 Å². The zero-order chi connectivity index (χ0) is 14.9. The molecule has 0 saturated carbocycles. The van der Waals surface area contributed by atoms with Crippen molar-refractivity contribution in [2.45, 2.75) is 13.3 Å². The third-order valence-corrected chi connectivity index (χ3v) is 2.69. The van der Waals surface area contributed by atoms with Gasteiger partial charge in [-0.1, -0.05) is 43.3 Å². The Balaban J connectivity index is 2.13. The van der Waals surface area contributed by atoms with Crippen molar-refractivity contribution in [2.75, 3.05) is 6.61 Å². The maximum Gasteiger partial charge on any atom is 0.296 e. The van der Waals surface area contributed by atoms with E-state index in [2.05, 4.69) is 10.3 Å². The third kappa shape index (κ3) is 4.76. The van der Waals surface area contributed by atoms with Gasteiger partial charge in [0.1, 0.15) is 0 Å². The normalized spacial score (nSPS) is 11.0. The smallest absolute Gasteiger partial charge is 0.296 e. The molecule has 21 heavy (non-hydrogen) atoms. The van der Waals surface area contributed by atoms with Gasteiger partial charge in [0.25, 0.3) is 11.9 Å². The summed E-state index contributed by atoms with van der Waals surface area (Å²) in [6, 6.07) is 18.6. The average Bonchev–Trinajstić information content (AvgIpc) is 2.54. The maximum absolute atomic E-state index is 12.1. The second-order valence-electron chi connectivity index (χ2n) is 4.42. The van der Waals surface area contributed by atoms with Crippen LogP contribution in [0.2, 0.25) is 0 Å². The van der Waals surface area contributed by atoms with Crippen molar-refractivity contribution in [3.8, 4) is 0 Å². The van der Waals surface area contributed by atoms with Gasteiger partial charge in [0, 0.05) is 5.56 Å². The summed E-state index contributed by atoms with van der Waals surface area (Å²) in [5.41, 5.74) is 1.30. The lowest BCUT2D eigenvalue weighted by Gasteiger charge is -2.10. The second-order valence-corrected chi connectivity index (χ2v) is 4.42. The highest BCUT2D eigenvalue weighted by molar-refractivity contribution is 6.04. The predicted octanol–water partition coefficient (Wildman–Crippen LogP) is 3.53. The van der Waals surface area contributed by atoms with E-state index in [0.29, 0.717) is 12.2 Å². The molecule has 2 aromatic carbocycles. The Kier molecular flexibility index (Phi) is 5.52. The van der Waals surface area contributed by atoms with Gasteiger partial charge in [-0.05, 0) is 30.7 Å². The molecule has 0 saturated heterocycles. The number of benzene rings is 2. The van der Waals surface area contributed by atoms with E-state index in [1.54, 1.807) is 12.1 Å². The quantitative estimate of drug-likeness (QED) is 0.689. The molecule has 0 unspecified atom stereocenters. The van der Waals surface area contributed by atoms with Gasteiger partial charge in [0.2, 0.25) is 0 Å². The highest BCUT2D eigenvalue weighted by Crippen LogP contribution is 2.10. The van der Waals surface area contributed by atoms with Gasteiger partial charge >= 0.3 is 0 Å². The van der Waals surface area contributed by atoms with Crippen molar-refractivity contribution < 1.29 is 9.53 Å². The van der Waals surface area contributed by atoms with E-state index in [4.69, 9.17) is 4.74 Å². The number of nitrogens with one attached hydrogen (secondary N) is 1. The van der Waals surface area contributed by atoms with Gasteiger partial charge in [-0.15, -0.1) is 0 Å². The predicted molar refractivity (Wildman–Crippen MR) is 83.7 cm³/mol. The number of aliphatic imine (C=N–C) groups is 1. The second kappa shape index (κ2) is 7.85. The van der Waals surface area contributed by atoms with Crippen LogP contribution in [0.25, 0.3) is 0 Å². The van der Waals surface area contributed by atoms with Crippen LogP contribution >= 0.6 is 0 Å².